The summed E-state index contributed by atoms with van der Waals surface area (Å²) in [6, 6.07) is 6.23. The van der Waals surface area contributed by atoms with Crippen molar-refractivity contribution in [1.82, 2.24) is 4.98 Å². The molecule has 2 aliphatic rings. The normalized spacial score (nSPS) is 16.4. The van der Waals surface area contributed by atoms with Crippen molar-refractivity contribution >= 4 is 34.0 Å². The molecule has 0 saturated heterocycles. The van der Waals surface area contributed by atoms with E-state index in [1.807, 2.05) is 43.3 Å². The summed E-state index contributed by atoms with van der Waals surface area (Å²) in [5.41, 5.74) is 4.16. The zero-order chi connectivity index (χ0) is 19.1. The number of nitrogens with zero attached hydrogens (tertiary/aromatic N) is 3. The van der Waals surface area contributed by atoms with E-state index in [4.69, 9.17) is 0 Å². The monoisotopic (exact) mass is 383 g/mol. The topological polar surface area (TPSA) is 53.5 Å². The van der Waals surface area contributed by atoms with Gasteiger partial charge in [-0.1, -0.05) is 19.9 Å². The van der Waals surface area contributed by atoms with Crippen LogP contribution in [0, 0.1) is 11.8 Å². The second-order valence-corrected chi connectivity index (χ2v) is 8.62. The SMILES string of the molecule is CC(C)C(=O)N1CCCc2cc(-c3csc(N(C)C(=O)C4CC4)n3)ccc21. The van der Waals surface area contributed by atoms with Crippen LogP contribution >= 0.6 is 11.3 Å². The van der Waals surface area contributed by atoms with Crippen molar-refractivity contribution < 1.29 is 9.59 Å². The van der Waals surface area contributed by atoms with Gasteiger partial charge in [0, 0.05) is 42.1 Å². The lowest BCUT2D eigenvalue weighted by Crippen LogP contribution is -2.38. The van der Waals surface area contributed by atoms with Gasteiger partial charge in [-0.25, -0.2) is 4.98 Å². The Morgan fingerprint density at radius 1 is 1.30 bits per heavy atom. The van der Waals surface area contributed by atoms with Crippen molar-refractivity contribution in [3.8, 4) is 11.3 Å². The summed E-state index contributed by atoms with van der Waals surface area (Å²) in [6.45, 7) is 4.68. The largest absolute Gasteiger partial charge is 0.312 e. The minimum Gasteiger partial charge on any atom is -0.312 e. The maximum Gasteiger partial charge on any atom is 0.231 e. The first-order chi connectivity index (χ1) is 13.0. The molecule has 6 heteroatoms. The number of aryl methyl sites for hydroxylation is 1. The van der Waals surface area contributed by atoms with Crippen LogP contribution in [0.5, 0.6) is 0 Å². The summed E-state index contributed by atoms with van der Waals surface area (Å²) < 4.78 is 0. The van der Waals surface area contributed by atoms with E-state index in [9.17, 15) is 9.59 Å². The van der Waals surface area contributed by atoms with E-state index in [-0.39, 0.29) is 23.7 Å². The van der Waals surface area contributed by atoms with E-state index < -0.39 is 0 Å². The van der Waals surface area contributed by atoms with Gasteiger partial charge in [-0.05, 0) is 43.4 Å². The predicted molar refractivity (Wildman–Crippen MR) is 109 cm³/mol. The first-order valence-electron chi connectivity index (χ1n) is 9.63. The number of hydrogen-bond acceptors (Lipinski definition) is 4. The van der Waals surface area contributed by atoms with Gasteiger partial charge < -0.3 is 4.90 Å². The van der Waals surface area contributed by atoms with E-state index >= 15 is 0 Å². The van der Waals surface area contributed by atoms with E-state index in [1.54, 1.807) is 4.90 Å². The lowest BCUT2D eigenvalue weighted by molar-refractivity contribution is -0.121. The predicted octanol–water partition coefficient (Wildman–Crippen LogP) is 4.12. The van der Waals surface area contributed by atoms with Gasteiger partial charge in [0.25, 0.3) is 0 Å². The van der Waals surface area contributed by atoms with Gasteiger partial charge in [0.05, 0.1) is 5.69 Å². The average Bonchev–Trinajstić information content (AvgIpc) is 3.41. The Hall–Kier alpha value is -2.21. The summed E-state index contributed by atoms with van der Waals surface area (Å²) in [5, 5.41) is 2.75. The maximum atomic E-state index is 12.5. The van der Waals surface area contributed by atoms with Crippen molar-refractivity contribution in [1.29, 1.82) is 0 Å². The van der Waals surface area contributed by atoms with Crippen LogP contribution in [0.25, 0.3) is 11.3 Å². The molecule has 0 N–H and O–H groups in total. The van der Waals surface area contributed by atoms with E-state index in [1.165, 1.54) is 16.9 Å². The van der Waals surface area contributed by atoms with Crippen molar-refractivity contribution in [2.75, 3.05) is 23.4 Å². The Kier molecular flexibility index (Phi) is 4.76. The minimum absolute atomic E-state index is 0.00346. The van der Waals surface area contributed by atoms with Gasteiger partial charge >= 0.3 is 0 Å². The van der Waals surface area contributed by atoms with E-state index in [2.05, 4.69) is 11.1 Å². The number of rotatable bonds is 4. The molecule has 0 spiro atoms. The first-order valence-corrected chi connectivity index (χ1v) is 10.5. The molecule has 4 rings (SSSR count). The molecule has 142 valence electrons. The fourth-order valence-corrected chi connectivity index (χ4v) is 4.35. The molecule has 0 unspecified atom stereocenters. The van der Waals surface area contributed by atoms with Crippen molar-refractivity contribution in [2.45, 2.75) is 39.5 Å². The van der Waals surface area contributed by atoms with E-state index in [0.717, 1.165) is 54.3 Å². The fourth-order valence-electron chi connectivity index (χ4n) is 3.55. The summed E-state index contributed by atoms with van der Waals surface area (Å²) in [7, 11) is 1.81. The highest BCUT2D eigenvalue weighted by molar-refractivity contribution is 7.14. The average molecular weight is 384 g/mol. The van der Waals surface area contributed by atoms with Crippen molar-refractivity contribution in [2.24, 2.45) is 11.8 Å². The highest BCUT2D eigenvalue weighted by Gasteiger charge is 2.33. The number of hydrogen-bond donors (Lipinski definition) is 0. The number of amides is 2. The zero-order valence-corrected chi connectivity index (χ0v) is 16.9. The van der Waals surface area contributed by atoms with Crippen LogP contribution in [0.4, 0.5) is 10.8 Å². The highest BCUT2D eigenvalue weighted by atomic mass is 32.1. The molecule has 1 saturated carbocycles. The van der Waals surface area contributed by atoms with Crippen LogP contribution in [0.2, 0.25) is 0 Å². The third kappa shape index (κ3) is 3.50. The lowest BCUT2D eigenvalue weighted by Gasteiger charge is -2.31. The van der Waals surface area contributed by atoms with Crippen LogP contribution in [-0.4, -0.2) is 30.4 Å². The second kappa shape index (κ2) is 7.08. The van der Waals surface area contributed by atoms with Crippen LogP contribution < -0.4 is 9.80 Å². The number of fused-ring (bicyclic) bond motifs is 1. The van der Waals surface area contributed by atoms with Gasteiger partial charge in [0.1, 0.15) is 0 Å². The molecule has 0 bridgehead atoms. The Balaban J connectivity index is 1.59. The highest BCUT2D eigenvalue weighted by Crippen LogP contribution is 2.36. The minimum atomic E-state index is -0.00346. The summed E-state index contributed by atoms with van der Waals surface area (Å²) in [5.74, 6) is 0.538. The lowest BCUT2D eigenvalue weighted by atomic mass is 9.97. The summed E-state index contributed by atoms with van der Waals surface area (Å²) in [4.78, 5) is 33.0. The Bertz CT molecular complexity index is 885. The van der Waals surface area contributed by atoms with Crippen molar-refractivity contribution in [3.63, 3.8) is 0 Å². The molecule has 0 radical (unpaired) electrons. The molecular weight excluding hydrogens is 358 g/mol. The Morgan fingerprint density at radius 3 is 2.78 bits per heavy atom. The zero-order valence-electron chi connectivity index (χ0n) is 16.1. The maximum absolute atomic E-state index is 12.5. The number of benzene rings is 1. The molecule has 1 aliphatic carbocycles. The smallest absolute Gasteiger partial charge is 0.231 e. The molecule has 1 fully saturated rings. The number of aromatic nitrogens is 1. The van der Waals surface area contributed by atoms with Gasteiger partial charge in [0.15, 0.2) is 5.13 Å². The molecule has 1 aromatic heterocycles. The number of carbonyl (C=O) groups excluding carboxylic acids is 2. The summed E-state index contributed by atoms with van der Waals surface area (Å²) >= 11 is 1.50. The van der Waals surface area contributed by atoms with Gasteiger partial charge in [-0.2, -0.15) is 0 Å². The standard InChI is InChI=1S/C21H25N3O2S/c1-13(2)19(25)24-10-4-5-16-11-15(8-9-18(16)24)17-12-27-21(22-17)23(3)20(26)14-6-7-14/h8-9,11-14H,4-7,10H2,1-3H3. The number of carbonyl (C=O) groups is 2. The number of thiazole rings is 1. The third-order valence-electron chi connectivity index (χ3n) is 5.29. The second-order valence-electron chi connectivity index (χ2n) is 7.78. The quantitative estimate of drug-likeness (QED) is 0.798. The van der Waals surface area contributed by atoms with Crippen LogP contribution in [0.1, 0.15) is 38.7 Å². The Labute approximate surface area is 164 Å². The molecule has 27 heavy (non-hydrogen) atoms. The molecule has 5 nitrogen and oxygen atoms in total. The molecule has 2 heterocycles. The fraction of sp³-hybridized carbons (Fsp3) is 0.476. The van der Waals surface area contributed by atoms with Gasteiger partial charge in [-0.15, -0.1) is 11.3 Å². The van der Waals surface area contributed by atoms with Gasteiger partial charge in [-0.3, -0.25) is 14.5 Å². The van der Waals surface area contributed by atoms with Crippen molar-refractivity contribution in [3.05, 3.63) is 29.1 Å². The first kappa shape index (κ1) is 18.2. The van der Waals surface area contributed by atoms with Gasteiger partial charge in [0.2, 0.25) is 11.8 Å². The van der Waals surface area contributed by atoms with Crippen LogP contribution in [-0.2, 0) is 16.0 Å². The Morgan fingerprint density at radius 2 is 2.07 bits per heavy atom. The third-order valence-corrected chi connectivity index (χ3v) is 6.21. The molecule has 2 amide bonds. The van der Waals surface area contributed by atoms with Crippen LogP contribution in [0.3, 0.4) is 0 Å². The molecule has 1 aliphatic heterocycles. The molecule has 0 atom stereocenters. The van der Waals surface area contributed by atoms with Crippen LogP contribution in [0.15, 0.2) is 23.6 Å². The van der Waals surface area contributed by atoms with E-state index in [0.29, 0.717) is 0 Å². The molecular formula is C21H25N3O2S. The molecule has 2 aromatic rings. The molecule has 1 aromatic carbocycles. The summed E-state index contributed by atoms with van der Waals surface area (Å²) in [6.07, 6.45) is 3.95. The number of anilines is 2.